The number of fused-ring (bicyclic) bond motifs is 1. The number of ether oxygens (including phenoxy) is 1. The highest BCUT2D eigenvalue weighted by Gasteiger charge is 2.33. The van der Waals surface area contributed by atoms with Crippen LogP contribution >= 0.6 is 11.3 Å². The van der Waals surface area contributed by atoms with Crippen LogP contribution in [0.3, 0.4) is 0 Å². The van der Waals surface area contributed by atoms with E-state index < -0.39 is 20.8 Å². The van der Waals surface area contributed by atoms with Crippen LogP contribution in [0.25, 0.3) is 22.2 Å². The summed E-state index contributed by atoms with van der Waals surface area (Å²) in [6, 6.07) is 7.00. The summed E-state index contributed by atoms with van der Waals surface area (Å²) in [6.45, 7) is 8.68. The molecule has 0 spiro atoms. The second kappa shape index (κ2) is 14.0. The molecule has 0 bridgehead atoms. The third-order valence-corrected chi connectivity index (χ3v) is 11.6. The minimum absolute atomic E-state index is 0.122. The van der Waals surface area contributed by atoms with E-state index in [9.17, 15) is 13.2 Å². The molecule has 1 atom stereocenters. The van der Waals surface area contributed by atoms with Crippen molar-refractivity contribution in [2.45, 2.75) is 82.8 Å². The minimum atomic E-state index is -4.18. The quantitative estimate of drug-likeness (QED) is 0.0859. The highest BCUT2D eigenvalue weighted by molar-refractivity contribution is 7.15. The lowest BCUT2D eigenvalue weighted by Crippen LogP contribution is -2.42. The van der Waals surface area contributed by atoms with Gasteiger partial charge in [-0.1, -0.05) is 43.8 Å². The molecule has 14 heteroatoms. The molecular formula is C32H43F3N8OSSi. The van der Waals surface area contributed by atoms with Gasteiger partial charge in [0.2, 0.25) is 5.13 Å². The predicted molar refractivity (Wildman–Crippen MR) is 178 cm³/mol. The van der Waals surface area contributed by atoms with Crippen molar-refractivity contribution in [1.29, 1.82) is 0 Å². The van der Waals surface area contributed by atoms with Crippen LogP contribution in [0, 0.1) is 5.92 Å². The van der Waals surface area contributed by atoms with Crippen molar-refractivity contribution >= 4 is 41.4 Å². The highest BCUT2D eigenvalue weighted by atomic mass is 32.1. The molecule has 1 unspecified atom stereocenters. The molecule has 6 rings (SSSR count). The van der Waals surface area contributed by atoms with E-state index in [4.69, 9.17) is 9.72 Å². The van der Waals surface area contributed by atoms with E-state index in [0.29, 0.717) is 38.9 Å². The molecule has 46 heavy (non-hydrogen) atoms. The lowest BCUT2D eigenvalue weighted by atomic mass is 9.98. The highest BCUT2D eigenvalue weighted by Crippen LogP contribution is 2.38. The first kappa shape index (κ1) is 33.0. The lowest BCUT2D eigenvalue weighted by molar-refractivity contribution is -0.149. The van der Waals surface area contributed by atoms with Gasteiger partial charge in [0.05, 0.1) is 23.8 Å². The lowest BCUT2D eigenvalue weighted by Gasteiger charge is -2.33. The van der Waals surface area contributed by atoms with E-state index in [1.807, 2.05) is 40.2 Å². The number of pyridine rings is 2. The Bertz CT molecular complexity index is 1600. The first-order chi connectivity index (χ1) is 22.0. The Morgan fingerprint density at radius 1 is 1.02 bits per heavy atom. The van der Waals surface area contributed by atoms with Gasteiger partial charge < -0.3 is 4.74 Å². The molecule has 0 radical (unpaired) electrons. The predicted octanol–water partition coefficient (Wildman–Crippen LogP) is 7.73. The maximum absolute atomic E-state index is 12.9. The SMILES string of the molecule is C[Si](C)(C)CCOCN(c1ccc2ncc(-c3cnn(CC4CCCN(CC(F)(F)F)C4)c3)cc2n1)c1nnc(C2CCCC2)s1. The zero-order chi connectivity index (χ0) is 32.3. The van der Waals surface area contributed by atoms with Crippen LogP contribution < -0.4 is 4.90 Å². The zero-order valence-corrected chi connectivity index (χ0v) is 28.7. The van der Waals surface area contributed by atoms with Gasteiger partial charge in [0.15, 0.2) is 0 Å². The van der Waals surface area contributed by atoms with E-state index in [1.54, 1.807) is 17.5 Å². The summed E-state index contributed by atoms with van der Waals surface area (Å²) >= 11 is 1.63. The summed E-state index contributed by atoms with van der Waals surface area (Å²) in [5.41, 5.74) is 3.28. The number of hydrogen-bond donors (Lipinski definition) is 0. The van der Waals surface area contributed by atoms with Crippen LogP contribution in [0.15, 0.2) is 36.8 Å². The molecule has 0 N–H and O–H groups in total. The van der Waals surface area contributed by atoms with Gasteiger partial charge in [-0.05, 0) is 62.4 Å². The number of likely N-dealkylation sites (tertiary alicyclic amines) is 1. The molecule has 1 aliphatic carbocycles. The number of alkyl halides is 3. The smallest absolute Gasteiger partial charge is 0.361 e. The summed E-state index contributed by atoms with van der Waals surface area (Å²) in [6.07, 6.45) is 7.83. The van der Waals surface area contributed by atoms with Gasteiger partial charge in [-0.3, -0.25) is 19.5 Å². The number of rotatable bonds is 12. The first-order valence-electron chi connectivity index (χ1n) is 16.3. The first-order valence-corrected chi connectivity index (χ1v) is 20.8. The van der Waals surface area contributed by atoms with Gasteiger partial charge in [0, 0.05) is 57.2 Å². The van der Waals surface area contributed by atoms with Gasteiger partial charge in [0.1, 0.15) is 17.6 Å². The Kier molecular flexibility index (Phi) is 10.1. The fourth-order valence-electron chi connectivity index (χ4n) is 6.31. The van der Waals surface area contributed by atoms with Crippen molar-refractivity contribution in [1.82, 2.24) is 34.8 Å². The molecule has 2 fully saturated rings. The fraction of sp³-hybridized carbons (Fsp3) is 0.594. The Labute approximate surface area is 273 Å². The topological polar surface area (TPSA) is 85.1 Å². The van der Waals surface area contributed by atoms with Crippen LogP contribution in [0.4, 0.5) is 24.1 Å². The van der Waals surface area contributed by atoms with E-state index in [2.05, 4.69) is 39.9 Å². The standard InChI is InChI=1S/C32H43F3N8OSSi/c1-46(2,3)14-13-44-22-43(31-40-39-30(45-31)24-8-4-5-9-24)29-11-10-27-28(38-29)15-25(16-36-27)26-17-37-42(20-26)19-23-7-6-12-41(18-23)21-32(33,34)35/h10-11,15-17,20,23-24H,4-9,12-14,18-19,21-22H2,1-3H3. The van der Waals surface area contributed by atoms with Crippen LogP contribution in [0.1, 0.15) is 49.5 Å². The Morgan fingerprint density at radius 2 is 1.85 bits per heavy atom. The summed E-state index contributed by atoms with van der Waals surface area (Å²) in [7, 11) is -1.24. The largest absolute Gasteiger partial charge is 0.401 e. The number of piperidine rings is 1. The third-order valence-electron chi connectivity index (χ3n) is 8.80. The van der Waals surface area contributed by atoms with E-state index in [1.165, 1.54) is 17.7 Å². The molecule has 0 aromatic carbocycles. The Balaban J connectivity index is 1.19. The van der Waals surface area contributed by atoms with Crippen molar-refractivity contribution in [2.24, 2.45) is 5.92 Å². The molecule has 1 saturated heterocycles. The van der Waals surface area contributed by atoms with Crippen LogP contribution in [-0.2, 0) is 11.3 Å². The van der Waals surface area contributed by atoms with Crippen LogP contribution in [-0.4, -0.2) is 82.1 Å². The molecule has 5 heterocycles. The van der Waals surface area contributed by atoms with E-state index in [-0.39, 0.29) is 5.92 Å². The molecule has 2 aliphatic rings. The number of anilines is 2. The van der Waals surface area contributed by atoms with Gasteiger partial charge in [-0.25, -0.2) is 4.98 Å². The van der Waals surface area contributed by atoms with Crippen molar-refractivity contribution < 1.29 is 17.9 Å². The van der Waals surface area contributed by atoms with Crippen molar-refractivity contribution in [3.63, 3.8) is 0 Å². The van der Waals surface area contributed by atoms with E-state index >= 15 is 0 Å². The molecule has 1 saturated carbocycles. The number of halogens is 3. The molecule has 248 valence electrons. The molecule has 9 nitrogen and oxygen atoms in total. The summed E-state index contributed by atoms with van der Waals surface area (Å²) in [5, 5.41) is 15.6. The molecule has 0 amide bonds. The van der Waals surface area contributed by atoms with Crippen molar-refractivity contribution in [3.8, 4) is 11.1 Å². The maximum Gasteiger partial charge on any atom is 0.401 e. The summed E-state index contributed by atoms with van der Waals surface area (Å²) in [4.78, 5) is 13.2. The normalized spacial score (nSPS) is 18.5. The van der Waals surface area contributed by atoms with Crippen LogP contribution in [0.2, 0.25) is 25.7 Å². The van der Waals surface area contributed by atoms with Gasteiger partial charge in [-0.15, -0.1) is 10.2 Å². The molecular weight excluding hydrogens is 630 g/mol. The average molecular weight is 673 g/mol. The molecule has 1 aliphatic heterocycles. The Hall–Kier alpha value is -2.94. The second-order valence-corrected chi connectivity index (χ2v) is 20.5. The monoisotopic (exact) mass is 672 g/mol. The van der Waals surface area contributed by atoms with Gasteiger partial charge in [0.25, 0.3) is 0 Å². The molecule has 4 aromatic rings. The summed E-state index contributed by atoms with van der Waals surface area (Å²) < 4.78 is 46.8. The second-order valence-electron chi connectivity index (χ2n) is 13.9. The third kappa shape index (κ3) is 8.69. The van der Waals surface area contributed by atoms with Crippen LogP contribution in [0.5, 0.6) is 0 Å². The Morgan fingerprint density at radius 3 is 2.63 bits per heavy atom. The van der Waals surface area contributed by atoms with E-state index in [0.717, 1.165) is 69.8 Å². The summed E-state index contributed by atoms with van der Waals surface area (Å²) in [5.74, 6) is 1.33. The average Bonchev–Trinajstić information content (AvgIpc) is 3.78. The van der Waals surface area contributed by atoms with Crippen molar-refractivity contribution in [2.75, 3.05) is 37.9 Å². The minimum Gasteiger partial charge on any atom is -0.361 e. The number of aromatic nitrogens is 6. The molecule has 4 aromatic heterocycles. The van der Waals surface area contributed by atoms with Gasteiger partial charge >= 0.3 is 6.18 Å². The fourth-order valence-corrected chi connectivity index (χ4v) is 8.07. The maximum atomic E-state index is 12.9. The van der Waals surface area contributed by atoms with Gasteiger partial charge in [-0.2, -0.15) is 18.3 Å². The zero-order valence-electron chi connectivity index (χ0n) is 26.8. The number of nitrogens with zero attached hydrogens (tertiary/aromatic N) is 8. The number of hydrogen-bond acceptors (Lipinski definition) is 9. The van der Waals surface area contributed by atoms with Crippen molar-refractivity contribution in [3.05, 3.63) is 41.8 Å².